The van der Waals surface area contributed by atoms with E-state index in [1.54, 1.807) is 6.08 Å². The molecule has 4 unspecified atom stereocenters. The van der Waals surface area contributed by atoms with E-state index in [1.807, 2.05) is 6.08 Å². The summed E-state index contributed by atoms with van der Waals surface area (Å²) in [4.78, 5) is 175. The van der Waals surface area contributed by atoms with Gasteiger partial charge in [0.15, 0.2) is 12.4 Å². The van der Waals surface area contributed by atoms with Gasteiger partial charge in [0.05, 0.1) is 49.8 Å². The number of benzene rings is 1. The Balaban J connectivity index is 1.62. The van der Waals surface area contributed by atoms with Crippen LogP contribution < -0.4 is 64.6 Å². The molecule has 98 heavy (non-hydrogen) atoms. The zero-order valence-corrected chi connectivity index (χ0v) is 54.8. The van der Waals surface area contributed by atoms with Crippen molar-refractivity contribution in [3.05, 3.63) is 83.6 Å². The molecule has 4 heterocycles. The quantitative estimate of drug-likeness (QED) is 0.0280. The van der Waals surface area contributed by atoms with Gasteiger partial charge in [-0.25, -0.2) is 4.98 Å². The number of rotatable bonds is 23. The summed E-state index contributed by atoms with van der Waals surface area (Å²) in [5.41, 5.74) is 9.42. The number of phenols is 1. The number of hydrogen-bond acceptors (Lipinski definition) is 22. The number of allylic oxidation sites excluding steroid dienone is 5. The maximum Gasteiger partial charge on any atom is 0.268 e. The van der Waals surface area contributed by atoms with E-state index in [9.17, 15) is 93.3 Å². The van der Waals surface area contributed by atoms with Crippen molar-refractivity contribution in [3.63, 3.8) is 0 Å². The lowest BCUT2D eigenvalue weighted by molar-refractivity contribution is -0.283. The van der Waals surface area contributed by atoms with Crippen molar-refractivity contribution in [1.29, 1.82) is 0 Å². The summed E-state index contributed by atoms with van der Waals surface area (Å²) >= 11 is 0. The number of primary amides is 2. The highest BCUT2D eigenvalue weighted by molar-refractivity contribution is 6.04. The lowest BCUT2D eigenvalue weighted by Gasteiger charge is -2.36. The zero-order valence-electron chi connectivity index (χ0n) is 54.8. The van der Waals surface area contributed by atoms with Gasteiger partial charge in [-0.05, 0) is 64.7 Å². The van der Waals surface area contributed by atoms with Gasteiger partial charge in [-0.1, -0.05) is 81.6 Å². The molecular formula is C63H90N14O21. The van der Waals surface area contributed by atoms with E-state index >= 15 is 0 Å². The number of imidazole rings is 1. The minimum absolute atomic E-state index is 0.00450. The van der Waals surface area contributed by atoms with Gasteiger partial charge in [0, 0.05) is 30.5 Å². The fourth-order valence-corrected chi connectivity index (χ4v) is 10.4. The standard InChI is InChI=1S/C63H90N14O21/c1-6-9-10-11-12-13-14-15-16-17-18-43(98-63-53(87)51(85)42(81)28-97-63)52(86)62(96)72-35(8-3)54(88)75-47-30(4)69-57(91)39-25-37-49(68-29-67-37)33-23-32(19-21-40(33)79)24-38(74-61(95)48(31(5)78)76-60(47)94)58(92)71-34(7-2)55(89)77-50(41(80)26-45(65)83)59(93)66-27-46(84)70-36(56(90)73-39)20-22-44(64)82/h7-8,15-19,21,23,29-31,36,38-39,41-43,47-48,50-53,63,78-81,85-87H,6,9-14,20,22,24-28H2,1-5H3,(H2,64,82)(H2,65,83)(H,66,93)(H,67,68)(H,69,91)(H,70,84)(H,71,92)(H,72,96)(H,73,90)(H,74,95)(H,75,88)(H,76,94)(H,77,89)/b16-15+,18-17+,34-7+,35-8+/t30-,31+,36?,38?,39-,41-,42+,43+,47-,48+,50?,51-,52-,53-,63?/m0/s1. The van der Waals surface area contributed by atoms with Crippen molar-refractivity contribution < 1.29 is 103 Å². The maximum atomic E-state index is 15.0. The largest absolute Gasteiger partial charge is 0.507 e. The number of aromatic amines is 1. The Morgan fingerprint density at radius 3 is 2.16 bits per heavy atom. The van der Waals surface area contributed by atoms with Crippen LogP contribution in [0.2, 0.25) is 0 Å². The van der Waals surface area contributed by atoms with Crippen molar-refractivity contribution in [2.75, 3.05) is 13.2 Å². The zero-order chi connectivity index (χ0) is 72.5. The first-order valence-electron chi connectivity index (χ1n) is 31.9. The number of aromatic nitrogens is 2. The minimum atomic E-state index is -2.25. The van der Waals surface area contributed by atoms with Crippen LogP contribution >= 0.6 is 0 Å². The van der Waals surface area contributed by atoms with Crippen molar-refractivity contribution in [1.82, 2.24) is 63.1 Å². The second kappa shape index (κ2) is 38.5. The molecule has 1 aromatic heterocycles. The van der Waals surface area contributed by atoms with E-state index in [0.29, 0.717) is 6.42 Å². The summed E-state index contributed by atoms with van der Waals surface area (Å²) in [6, 6.07) is -9.64. The van der Waals surface area contributed by atoms with E-state index in [-0.39, 0.29) is 22.5 Å². The molecule has 4 bridgehead atoms. The second-order valence-corrected chi connectivity index (χ2v) is 23.7. The lowest BCUT2D eigenvalue weighted by Crippen LogP contribution is -2.64. The molecule has 15 atom stereocenters. The van der Waals surface area contributed by atoms with Gasteiger partial charge in [-0.3, -0.25) is 57.5 Å². The molecule has 5 rings (SSSR count). The number of amides is 12. The van der Waals surface area contributed by atoms with Crippen LogP contribution in [0.3, 0.4) is 0 Å². The average molecular weight is 1380 g/mol. The number of carbonyl (C=O) groups excluding carboxylic acids is 12. The molecule has 12 amide bonds. The molecule has 0 radical (unpaired) electrons. The van der Waals surface area contributed by atoms with Gasteiger partial charge < -0.3 is 115 Å². The highest BCUT2D eigenvalue weighted by Crippen LogP contribution is 2.32. The average Bonchev–Trinajstić information content (AvgIpc) is 1.47. The topological polar surface area (TPSA) is 566 Å². The maximum absolute atomic E-state index is 15.0. The number of unbranched alkanes of at least 4 members (excludes halogenated alkanes) is 6. The van der Waals surface area contributed by atoms with E-state index in [2.05, 4.69) is 70.1 Å². The van der Waals surface area contributed by atoms with Crippen LogP contribution in [0.15, 0.2) is 72.4 Å². The van der Waals surface area contributed by atoms with Crippen LogP contribution in [0.25, 0.3) is 11.3 Å². The molecule has 538 valence electrons. The van der Waals surface area contributed by atoms with E-state index in [0.717, 1.165) is 70.9 Å². The Hall–Kier alpha value is -9.49. The third kappa shape index (κ3) is 23.4. The summed E-state index contributed by atoms with van der Waals surface area (Å²) in [6.07, 6.45) is -1.80. The van der Waals surface area contributed by atoms with Crippen molar-refractivity contribution in [3.8, 4) is 17.0 Å². The highest BCUT2D eigenvalue weighted by Gasteiger charge is 2.43. The number of fused-ring (bicyclic) bond motifs is 2. The predicted octanol–water partition coefficient (Wildman–Crippen LogP) is -5.61. The molecule has 2 aromatic rings. The Bertz CT molecular complexity index is 3320. The molecule has 0 saturated carbocycles. The number of ether oxygens (including phenoxy) is 2. The summed E-state index contributed by atoms with van der Waals surface area (Å²) in [5, 5.41) is 99.8. The van der Waals surface area contributed by atoms with Crippen molar-refractivity contribution in [2.24, 2.45) is 11.5 Å². The molecule has 0 spiro atoms. The fraction of sp³-hybridized carbons (Fsp3) is 0.540. The number of carbonyl (C=O) groups is 12. The van der Waals surface area contributed by atoms with Crippen LogP contribution in [-0.2, 0) is 79.8 Å². The van der Waals surface area contributed by atoms with Gasteiger partial charge in [0.2, 0.25) is 53.2 Å². The molecule has 3 aliphatic rings. The number of nitrogens with one attached hydrogen (secondary N) is 11. The predicted molar refractivity (Wildman–Crippen MR) is 344 cm³/mol. The SMILES string of the molecule is C/C=C1/NC(=O)C2Cc3ccc(O)c(c3)-c3nc[nH]c3C[C@H](NC(=O)C(CCC(N)=O)NC(=O)CNC(=O)C([C@@H](O)CC(N)=O)NC1=O)C(=O)N[C@@H](C)[C@H](NC(=O)/C(=C\C)NC(=O)[C@@H](O)[C@@H](/C=C/C=C/CCCCCCCC)OC1OC[C@@H](O)[C@H](O)[C@@H]1O)C(=O)N[C@H]([C@@H](C)O)C(=O)N2. The molecule has 0 aliphatic carbocycles. The molecule has 1 fully saturated rings. The summed E-state index contributed by atoms with van der Waals surface area (Å²) in [5.74, 6) is -15.2. The smallest absolute Gasteiger partial charge is 0.268 e. The first kappa shape index (κ1) is 79.2. The number of H-pyrrole nitrogens is 1. The summed E-state index contributed by atoms with van der Waals surface area (Å²) in [7, 11) is 0. The highest BCUT2D eigenvalue weighted by atomic mass is 16.7. The van der Waals surface area contributed by atoms with Crippen LogP contribution in [0.4, 0.5) is 0 Å². The minimum Gasteiger partial charge on any atom is -0.507 e. The lowest BCUT2D eigenvalue weighted by atomic mass is 9.97. The van der Waals surface area contributed by atoms with Crippen LogP contribution in [-0.4, -0.2) is 221 Å². The number of nitrogens with two attached hydrogens (primary N) is 2. The Kier molecular flexibility index (Phi) is 31.1. The summed E-state index contributed by atoms with van der Waals surface area (Å²) in [6.45, 7) is 5.28. The van der Waals surface area contributed by atoms with Gasteiger partial charge in [0.1, 0.15) is 77.8 Å². The van der Waals surface area contributed by atoms with E-state index in [4.69, 9.17) is 20.9 Å². The number of aliphatic hydroxyl groups is 6. The Morgan fingerprint density at radius 2 is 1.49 bits per heavy atom. The number of phenolic OH excluding ortho intramolecular Hbond substituents is 1. The van der Waals surface area contributed by atoms with E-state index < -0.39 is 225 Å². The fourth-order valence-electron chi connectivity index (χ4n) is 10.4. The Labute approximate surface area is 563 Å². The third-order valence-corrected chi connectivity index (χ3v) is 15.9. The molecule has 35 heteroatoms. The van der Waals surface area contributed by atoms with Crippen LogP contribution in [0, 0.1) is 0 Å². The number of hydrogen-bond donors (Lipinski definition) is 20. The van der Waals surface area contributed by atoms with E-state index in [1.165, 1.54) is 44.2 Å². The first-order chi connectivity index (χ1) is 46.5. The molecule has 1 saturated heterocycles. The second-order valence-electron chi connectivity index (χ2n) is 23.7. The monoisotopic (exact) mass is 1380 g/mol. The van der Waals surface area contributed by atoms with Gasteiger partial charge in [-0.2, -0.15) is 0 Å². The Morgan fingerprint density at radius 1 is 0.796 bits per heavy atom. The summed E-state index contributed by atoms with van der Waals surface area (Å²) < 4.78 is 11.2. The third-order valence-electron chi connectivity index (χ3n) is 15.9. The normalized spacial score (nSPS) is 26.2. The number of aromatic hydroxyl groups is 1. The first-order valence-corrected chi connectivity index (χ1v) is 31.9. The van der Waals surface area contributed by atoms with Crippen LogP contribution in [0.1, 0.15) is 110 Å². The molecule has 1 aromatic carbocycles. The van der Waals surface area contributed by atoms with Gasteiger partial charge in [0.25, 0.3) is 17.7 Å². The van der Waals surface area contributed by atoms with Gasteiger partial charge in [-0.15, -0.1) is 0 Å². The van der Waals surface area contributed by atoms with Gasteiger partial charge >= 0.3 is 0 Å². The molecule has 3 aliphatic heterocycles. The molecule has 35 nitrogen and oxygen atoms in total. The number of nitrogens with zero attached hydrogens (tertiary/aromatic N) is 1. The molecule has 22 N–H and O–H groups in total. The van der Waals surface area contributed by atoms with Crippen LogP contribution in [0.5, 0.6) is 5.75 Å². The number of aliphatic hydroxyl groups excluding tert-OH is 6. The molecular weight excluding hydrogens is 1290 g/mol. The van der Waals surface area contributed by atoms with Crippen molar-refractivity contribution in [2.45, 2.75) is 203 Å². The van der Waals surface area contributed by atoms with Crippen molar-refractivity contribution >= 4 is 70.9 Å².